The summed E-state index contributed by atoms with van der Waals surface area (Å²) in [5.41, 5.74) is 1.25. The van der Waals surface area contributed by atoms with Gasteiger partial charge in [-0.2, -0.15) is 0 Å². The van der Waals surface area contributed by atoms with E-state index >= 15 is 0 Å². The van der Waals surface area contributed by atoms with Crippen LogP contribution in [-0.4, -0.2) is 23.1 Å². The van der Waals surface area contributed by atoms with Crippen LogP contribution in [0.15, 0.2) is 42.7 Å². The molecule has 1 aromatic carbocycles. The number of anilines is 2. The normalized spacial score (nSPS) is 12.0. The number of rotatable bonds is 8. The fourth-order valence-corrected chi connectivity index (χ4v) is 2.53. The fraction of sp³-hybridized carbons (Fsp3) is 0.444. The standard InChI is InChI=1S/C18H26N4/c1-4-11-22(12-5-2)18-13-17(19-14-20-18)21-15(3)16-9-7-6-8-10-16/h6-10,13-15H,4-5,11-12H2,1-3H3,(H,19,20,21). The highest BCUT2D eigenvalue weighted by Crippen LogP contribution is 2.20. The second kappa shape index (κ2) is 8.37. The molecule has 118 valence electrons. The Kier molecular flexibility index (Phi) is 6.19. The van der Waals surface area contributed by atoms with Gasteiger partial charge in [0, 0.05) is 25.2 Å². The summed E-state index contributed by atoms with van der Waals surface area (Å²) in [7, 11) is 0. The quantitative estimate of drug-likeness (QED) is 0.790. The number of hydrogen-bond donors (Lipinski definition) is 1. The van der Waals surface area contributed by atoms with Gasteiger partial charge in [-0.3, -0.25) is 0 Å². The lowest BCUT2D eigenvalue weighted by molar-refractivity contribution is 0.732. The van der Waals surface area contributed by atoms with Crippen LogP contribution in [0.1, 0.15) is 45.2 Å². The minimum absolute atomic E-state index is 0.217. The zero-order valence-corrected chi connectivity index (χ0v) is 13.8. The van der Waals surface area contributed by atoms with E-state index in [1.54, 1.807) is 6.33 Å². The van der Waals surface area contributed by atoms with E-state index < -0.39 is 0 Å². The maximum absolute atomic E-state index is 4.43. The molecule has 1 unspecified atom stereocenters. The average Bonchev–Trinajstić information content (AvgIpc) is 2.56. The van der Waals surface area contributed by atoms with E-state index in [0.29, 0.717) is 0 Å². The van der Waals surface area contributed by atoms with Crippen LogP contribution in [0.3, 0.4) is 0 Å². The van der Waals surface area contributed by atoms with E-state index in [2.05, 4.69) is 65.2 Å². The molecule has 0 radical (unpaired) electrons. The second-order valence-electron chi connectivity index (χ2n) is 5.53. The molecule has 0 amide bonds. The Morgan fingerprint density at radius 1 is 1.05 bits per heavy atom. The summed E-state index contributed by atoms with van der Waals surface area (Å²) in [5, 5.41) is 3.46. The Morgan fingerprint density at radius 3 is 2.36 bits per heavy atom. The molecule has 22 heavy (non-hydrogen) atoms. The summed E-state index contributed by atoms with van der Waals surface area (Å²) in [4.78, 5) is 11.1. The van der Waals surface area contributed by atoms with Gasteiger partial charge in [-0.15, -0.1) is 0 Å². The smallest absolute Gasteiger partial charge is 0.134 e. The molecule has 4 nitrogen and oxygen atoms in total. The lowest BCUT2D eigenvalue weighted by atomic mass is 10.1. The van der Waals surface area contributed by atoms with E-state index in [0.717, 1.165) is 37.6 Å². The predicted molar refractivity (Wildman–Crippen MR) is 93.3 cm³/mol. The van der Waals surface area contributed by atoms with Gasteiger partial charge in [0.1, 0.15) is 18.0 Å². The van der Waals surface area contributed by atoms with Gasteiger partial charge in [-0.05, 0) is 25.3 Å². The molecule has 4 heteroatoms. The van der Waals surface area contributed by atoms with Crippen molar-refractivity contribution in [3.05, 3.63) is 48.3 Å². The molecule has 1 aromatic heterocycles. The van der Waals surface area contributed by atoms with Crippen molar-refractivity contribution in [3.8, 4) is 0 Å². The van der Waals surface area contributed by atoms with Crippen LogP contribution in [0.5, 0.6) is 0 Å². The van der Waals surface area contributed by atoms with Crippen molar-refractivity contribution in [2.75, 3.05) is 23.3 Å². The van der Waals surface area contributed by atoms with Crippen LogP contribution >= 0.6 is 0 Å². The van der Waals surface area contributed by atoms with Gasteiger partial charge in [-0.25, -0.2) is 9.97 Å². The molecule has 2 aromatic rings. The zero-order valence-electron chi connectivity index (χ0n) is 13.8. The number of aromatic nitrogens is 2. The van der Waals surface area contributed by atoms with Gasteiger partial charge in [0.05, 0.1) is 0 Å². The van der Waals surface area contributed by atoms with Gasteiger partial charge < -0.3 is 10.2 Å². The van der Waals surface area contributed by atoms with Gasteiger partial charge in [-0.1, -0.05) is 44.2 Å². The lowest BCUT2D eigenvalue weighted by Gasteiger charge is -2.23. The number of nitrogens with one attached hydrogen (secondary N) is 1. The summed E-state index contributed by atoms with van der Waals surface area (Å²) >= 11 is 0. The van der Waals surface area contributed by atoms with Crippen LogP contribution in [0.4, 0.5) is 11.6 Å². The molecule has 0 aliphatic rings. The molecule has 1 N–H and O–H groups in total. The molecule has 2 rings (SSSR count). The van der Waals surface area contributed by atoms with Gasteiger partial charge >= 0.3 is 0 Å². The molecule has 0 saturated heterocycles. The first-order chi connectivity index (χ1) is 10.7. The lowest BCUT2D eigenvalue weighted by Crippen LogP contribution is -2.26. The molecular formula is C18H26N4. The van der Waals surface area contributed by atoms with Crippen molar-refractivity contribution in [3.63, 3.8) is 0 Å². The summed E-state index contributed by atoms with van der Waals surface area (Å²) in [6, 6.07) is 12.7. The molecule has 0 aliphatic heterocycles. The maximum atomic E-state index is 4.43. The second-order valence-corrected chi connectivity index (χ2v) is 5.53. The Morgan fingerprint density at radius 2 is 1.73 bits per heavy atom. The molecule has 1 heterocycles. The van der Waals surface area contributed by atoms with E-state index in [1.165, 1.54) is 5.56 Å². The number of benzene rings is 1. The zero-order chi connectivity index (χ0) is 15.8. The monoisotopic (exact) mass is 298 g/mol. The van der Waals surface area contributed by atoms with Crippen molar-refractivity contribution in [2.45, 2.75) is 39.7 Å². The molecule has 0 fully saturated rings. The van der Waals surface area contributed by atoms with E-state index in [1.807, 2.05) is 12.1 Å². The fourth-order valence-electron chi connectivity index (χ4n) is 2.53. The first-order valence-electron chi connectivity index (χ1n) is 8.13. The van der Waals surface area contributed by atoms with Gasteiger partial charge in [0.25, 0.3) is 0 Å². The number of nitrogens with zero attached hydrogens (tertiary/aromatic N) is 3. The van der Waals surface area contributed by atoms with E-state index in [-0.39, 0.29) is 6.04 Å². The third kappa shape index (κ3) is 4.45. The van der Waals surface area contributed by atoms with Crippen LogP contribution < -0.4 is 10.2 Å². The van der Waals surface area contributed by atoms with Crippen molar-refractivity contribution >= 4 is 11.6 Å². The molecule has 0 aliphatic carbocycles. The minimum atomic E-state index is 0.217. The summed E-state index contributed by atoms with van der Waals surface area (Å²) in [5.74, 6) is 1.88. The average molecular weight is 298 g/mol. The highest BCUT2D eigenvalue weighted by atomic mass is 15.2. The molecule has 0 spiro atoms. The Balaban J connectivity index is 2.10. The van der Waals surface area contributed by atoms with Crippen molar-refractivity contribution in [1.29, 1.82) is 0 Å². The number of hydrogen-bond acceptors (Lipinski definition) is 4. The van der Waals surface area contributed by atoms with Crippen molar-refractivity contribution in [2.24, 2.45) is 0 Å². The van der Waals surface area contributed by atoms with Crippen LogP contribution in [0.2, 0.25) is 0 Å². The summed E-state index contributed by atoms with van der Waals surface area (Å²) in [6.45, 7) is 8.59. The Labute approximate surface area is 133 Å². The first-order valence-corrected chi connectivity index (χ1v) is 8.13. The largest absolute Gasteiger partial charge is 0.363 e. The van der Waals surface area contributed by atoms with Crippen molar-refractivity contribution in [1.82, 2.24) is 9.97 Å². The van der Waals surface area contributed by atoms with Crippen LogP contribution in [0, 0.1) is 0 Å². The van der Waals surface area contributed by atoms with E-state index in [4.69, 9.17) is 0 Å². The van der Waals surface area contributed by atoms with Crippen LogP contribution in [0.25, 0.3) is 0 Å². The third-order valence-corrected chi connectivity index (χ3v) is 3.63. The minimum Gasteiger partial charge on any atom is -0.363 e. The molecule has 1 atom stereocenters. The van der Waals surface area contributed by atoms with Gasteiger partial charge in [0.15, 0.2) is 0 Å². The van der Waals surface area contributed by atoms with Crippen LogP contribution in [-0.2, 0) is 0 Å². The topological polar surface area (TPSA) is 41.0 Å². The third-order valence-electron chi connectivity index (χ3n) is 3.63. The SMILES string of the molecule is CCCN(CCC)c1cc(NC(C)c2ccccc2)ncn1. The van der Waals surface area contributed by atoms with E-state index in [9.17, 15) is 0 Å². The van der Waals surface area contributed by atoms with Crippen molar-refractivity contribution < 1.29 is 0 Å². The first kappa shape index (κ1) is 16.3. The molecule has 0 bridgehead atoms. The Hall–Kier alpha value is -2.10. The summed E-state index contributed by atoms with van der Waals surface area (Å²) < 4.78 is 0. The Bertz CT molecular complexity index is 550. The molecule has 0 saturated carbocycles. The molecular weight excluding hydrogens is 272 g/mol. The summed E-state index contributed by atoms with van der Waals surface area (Å²) in [6.07, 6.45) is 3.88. The van der Waals surface area contributed by atoms with Gasteiger partial charge in [0.2, 0.25) is 0 Å². The highest BCUT2D eigenvalue weighted by Gasteiger charge is 2.10. The highest BCUT2D eigenvalue weighted by molar-refractivity contribution is 5.49. The predicted octanol–water partition coefficient (Wildman–Crippen LogP) is 4.28. The maximum Gasteiger partial charge on any atom is 0.134 e.